The van der Waals surface area contributed by atoms with Crippen molar-refractivity contribution in [3.63, 3.8) is 0 Å². The van der Waals surface area contributed by atoms with E-state index >= 15 is 0 Å². The van der Waals surface area contributed by atoms with E-state index < -0.39 is 17.5 Å². The first-order valence-corrected chi connectivity index (χ1v) is 13.9. The largest absolute Gasteiger partial charge is 0.481 e. The van der Waals surface area contributed by atoms with E-state index in [4.69, 9.17) is 4.74 Å². The van der Waals surface area contributed by atoms with Crippen LogP contribution in [0.5, 0.6) is 0 Å². The van der Waals surface area contributed by atoms with Crippen LogP contribution in [0, 0.1) is 50.2 Å². The van der Waals surface area contributed by atoms with Crippen LogP contribution in [0.25, 0.3) is 0 Å². The third-order valence-corrected chi connectivity index (χ3v) is 13.8. The molecule has 0 radical (unpaired) electrons. The molecule has 5 nitrogen and oxygen atoms in total. The molecule has 4 saturated carbocycles. The number of hydrogen-bond acceptors (Lipinski definition) is 4. The number of carboxylic acids is 1. The van der Waals surface area contributed by atoms with E-state index in [1.807, 2.05) is 13.0 Å². The Kier molecular flexibility index (Phi) is 4.57. The fraction of sp³-hybridized carbons (Fsp3) is 0.867. The first-order valence-electron chi connectivity index (χ1n) is 13.9. The lowest BCUT2D eigenvalue weighted by atomic mass is 9.31. The van der Waals surface area contributed by atoms with Gasteiger partial charge in [-0.05, 0) is 93.0 Å². The van der Waals surface area contributed by atoms with Gasteiger partial charge in [0.1, 0.15) is 0 Å². The Morgan fingerprint density at radius 1 is 0.943 bits per heavy atom. The number of allylic oxidation sites excluding steroid dienone is 2. The molecule has 0 aromatic carbocycles. The van der Waals surface area contributed by atoms with E-state index in [-0.39, 0.29) is 44.4 Å². The van der Waals surface area contributed by atoms with Crippen LogP contribution in [0.4, 0.5) is 0 Å². The molecule has 5 aliphatic carbocycles. The molecular formula is C30H44O5. The average Bonchev–Trinajstić information content (AvgIpc) is 3.05. The number of carbonyl (C=O) groups excluding carboxylic acids is 1. The quantitative estimate of drug-likeness (QED) is 0.520. The summed E-state index contributed by atoms with van der Waals surface area (Å²) in [6.45, 7) is 13.9. The average molecular weight is 485 g/mol. The first kappa shape index (κ1) is 24.2. The summed E-state index contributed by atoms with van der Waals surface area (Å²) in [5.74, 6) is 0.310. The minimum atomic E-state index is -0.759. The third kappa shape index (κ3) is 2.45. The van der Waals surface area contributed by atoms with E-state index in [2.05, 4.69) is 40.7 Å². The fourth-order valence-corrected chi connectivity index (χ4v) is 11.4. The summed E-state index contributed by atoms with van der Waals surface area (Å²) in [7, 11) is 0. The maximum Gasteiger partial charge on any atom is 0.309 e. The van der Waals surface area contributed by atoms with Crippen molar-refractivity contribution in [2.24, 2.45) is 50.2 Å². The molecule has 2 bridgehead atoms. The van der Waals surface area contributed by atoms with Gasteiger partial charge in [0, 0.05) is 16.2 Å². The minimum Gasteiger partial charge on any atom is -0.481 e. The molecule has 0 aromatic heterocycles. The Labute approximate surface area is 210 Å². The number of aliphatic hydroxyl groups is 1. The highest BCUT2D eigenvalue weighted by atomic mass is 16.5. The summed E-state index contributed by atoms with van der Waals surface area (Å²) in [5, 5.41) is 22.0. The standard InChI is InChI=1S/C30H44O5/c1-24(2)18-7-11-27(5)19(26(18,4)10-9-21(24)31)8-12-30-20-15-25(3,23(33)34)13-14-29(20,17-35-30)22(32)16-28(27,30)6/h9-10,18-20,22,32H,7-8,11-17H2,1-6H3,(H,33,34)/t18-,19+,20+,22+,25-,26-,27+,28-,29+,30-/m0/s1. The molecule has 6 rings (SSSR count). The molecule has 10 atom stereocenters. The van der Waals surface area contributed by atoms with Crippen molar-refractivity contribution in [2.75, 3.05) is 6.61 Å². The topological polar surface area (TPSA) is 83.8 Å². The fourth-order valence-electron chi connectivity index (χ4n) is 11.4. The second-order valence-corrected chi connectivity index (χ2v) is 15.0. The molecule has 0 amide bonds. The van der Waals surface area contributed by atoms with Crippen LogP contribution in [0.1, 0.15) is 92.9 Å². The number of carbonyl (C=O) groups is 2. The normalized spacial score (nSPS) is 58.1. The van der Waals surface area contributed by atoms with E-state index in [1.165, 1.54) is 0 Å². The molecular weight excluding hydrogens is 440 g/mol. The molecule has 35 heavy (non-hydrogen) atoms. The van der Waals surface area contributed by atoms with E-state index in [9.17, 15) is 19.8 Å². The summed E-state index contributed by atoms with van der Waals surface area (Å²) >= 11 is 0. The SMILES string of the molecule is CC1(C)C(=O)C=C[C@]2(C)[C@H]3CC[C@]45OC[C@@]6(CC[C@](C)(C(=O)O)C[C@H]64)[C@H](O)C[C@@]5(C)[C@]3(C)CC[C@@H]12. The van der Waals surface area contributed by atoms with Crippen molar-refractivity contribution in [2.45, 2.75) is 105 Å². The Hall–Kier alpha value is -1.20. The molecule has 0 unspecified atom stereocenters. The third-order valence-electron chi connectivity index (χ3n) is 13.8. The summed E-state index contributed by atoms with van der Waals surface area (Å²) in [6.07, 6.45) is 10.2. The minimum absolute atomic E-state index is 0.0636. The zero-order valence-corrected chi connectivity index (χ0v) is 22.4. The van der Waals surface area contributed by atoms with E-state index in [0.29, 0.717) is 31.3 Å². The van der Waals surface area contributed by atoms with Gasteiger partial charge in [-0.25, -0.2) is 0 Å². The number of rotatable bonds is 1. The van der Waals surface area contributed by atoms with E-state index in [1.54, 1.807) is 0 Å². The number of hydrogen-bond donors (Lipinski definition) is 2. The summed E-state index contributed by atoms with van der Waals surface area (Å²) in [6, 6.07) is 0. The second-order valence-electron chi connectivity index (χ2n) is 15.0. The highest BCUT2D eigenvalue weighted by Gasteiger charge is 2.80. The van der Waals surface area contributed by atoms with Crippen LogP contribution in [0.15, 0.2) is 12.2 Å². The van der Waals surface area contributed by atoms with Crippen molar-refractivity contribution in [1.29, 1.82) is 0 Å². The molecule has 1 spiro atoms. The van der Waals surface area contributed by atoms with E-state index in [0.717, 1.165) is 38.5 Å². The Bertz CT molecular complexity index is 1030. The smallest absolute Gasteiger partial charge is 0.309 e. The molecule has 5 fully saturated rings. The number of fused-ring (bicyclic) bond motifs is 4. The Balaban J connectivity index is 1.47. The second kappa shape index (κ2) is 6.62. The molecule has 2 N–H and O–H groups in total. The number of ketones is 1. The van der Waals surface area contributed by atoms with Crippen LogP contribution in [0.3, 0.4) is 0 Å². The van der Waals surface area contributed by atoms with Gasteiger partial charge in [-0.15, -0.1) is 0 Å². The predicted octanol–water partition coefficient (Wildman–Crippen LogP) is 5.40. The molecule has 1 aliphatic heterocycles. The monoisotopic (exact) mass is 484 g/mol. The number of aliphatic hydroxyl groups excluding tert-OH is 1. The van der Waals surface area contributed by atoms with Gasteiger partial charge in [-0.2, -0.15) is 0 Å². The molecule has 194 valence electrons. The summed E-state index contributed by atoms with van der Waals surface area (Å²) in [4.78, 5) is 25.2. The molecule has 5 heteroatoms. The Morgan fingerprint density at radius 2 is 1.63 bits per heavy atom. The van der Waals surface area contributed by atoms with Crippen LogP contribution in [0.2, 0.25) is 0 Å². The molecule has 0 aromatic rings. The Morgan fingerprint density at radius 3 is 2.31 bits per heavy atom. The van der Waals surface area contributed by atoms with Crippen molar-refractivity contribution in [3.8, 4) is 0 Å². The van der Waals surface area contributed by atoms with Crippen LogP contribution < -0.4 is 0 Å². The van der Waals surface area contributed by atoms with Gasteiger partial charge in [-0.1, -0.05) is 40.7 Å². The highest BCUT2D eigenvalue weighted by Crippen LogP contribution is 2.80. The number of aliphatic carboxylic acids is 1. The van der Waals surface area contributed by atoms with Gasteiger partial charge in [-0.3, -0.25) is 9.59 Å². The lowest BCUT2D eigenvalue weighted by molar-refractivity contribution is -0.284. The first-order chi connectivity index (χ1) is 16.1. The maximum atomic E-state index is 12.9. The van der Waals surface area contributed by atoms with Crippen molar-refractivity contribution >= 4 is 11.8 Å². The van der Waals surface area contributed by atoms with Crippen molar-refractivity contribution in [3.05, 3.63) is 12.2 Å². The van der Waals surface area contributed by atoms with Crippen molar-refractivity contribution < 1.29 is 24.5 Å². The zero-order valence-electron chi connectivity index (χ0n) is 22.4. The van der Waals surface area contributed by atoms with Gasteiger partial charge >= 0.3 is 5.97 Å². The van der Waals surface area contributed by atoms with Gasteiger partial charge in [0.25, 0.3) is 0 Å². The van der Waals surface area contributed by atoms with Crippen molar-refractivity contribution in [1.82, 2.24) is 0 Å². The van der Waals surface area contributed by atoms with Crippen LogP contribution in [-0.4, -0.2) is 40.3 Å². The molecule has 1 heterocycles. The van der Waals surface area contributed by atoms with Gasteiger partial charge in [0.15, 0.2) is 5.78 Å². The number of ether oxygens (including phenoxy) is 1. The lowest BCUT2D eigenvalue weighted by Gasteiger charge is -2.74. The summed E-state index contributed by atoms with van der Waals surface area (Å²) in [5.41, 5.74) is -2.21. The van der Waals surface area contributed by atoms with Gasteiger partial charge in [0.2, 0.25) is 0 Å². The zero-order chi connectivity index (χ0) is 25.4. The molecule has 6 aliphatic rings. The predicted molar refractivity (Wildman–Crippen MR) is 133 cm³/mol. The number of carboxylic acid groups (broad SMARTS) is 1. The molecule has 1 saturated heterocycles. The van der Waals surface area contributed by atoms with Crippen LogP contribution in [-0.2, 0) is 14.3 Å². The highest BCUT2D eigenvalue weighted by molar-refractivity contribution is 5.95. The van der Waals surface area contributed by atoms with Gasteiger partial charge < -0.3 is 14.9 Å². The lowest BCUT2D eigenvalue weighted by Crippen LogP contribution is -2.73. The van der Waals surface area contributed by atoms with Crippen LogP contribution >= 0.6 is 0 Å². The summed E-state index contributed by atoms with van der Waals surface area (Å²) < 4.78 is 6.97. The maximum absolute atomic E-state index is 12.9. The van der Waals surface area contributed by atoms with Gasteiger partial charge in [0.05, 0.1) is 23.7 Å².